The van der Waals surface area contributed by atoms with Crippen molar-refractivity contribution in [1.82, 2.24) is 9.97 Å². The van der Waals surface area contributed by atoms with Gasteiger partial charge in [0.1, 0.15) is 0 Å². The van der Waals surface area contributed by atoms with Gasteiger partial charge < -0.3 is 19.8 Å². The van der Waals surface area contributed by atoms with Gasteiger partial charge >= 0.3 is 0 Å². The number of nitrogens with one attached hydrogen (secondary N) is 2. The fourth-order valence-corrected chi connectivity index (χ4v) is 4.98. The molecule has 0 saturated heterocycles. The van der Waals surface area contributed by atoms with Crippen LogP contribution in [0, 0.1) is 13.8 Å². The van der Waals surface area contributed by atoms with Gasteiger partial charge in [-0.3, -0.25) is 0 Å². The van der Waals surface area contributed by atoms with Crippen molar-refractivity contribution in [2.24, 2.45) is 0 Å². The van der Waals surface area contributed by atoms with Crippen LogP contribution in [-0.2, 0) is 0 Å². The summed E-state index contributed by atoms with van der Waals surface area (Å²) in [6.07, 6.45) is 0. The maximum atomic E-state index is 11.2. The number of aromatic amines is 2. The third-order valence-corrected chi connectivity index (χ3v) is 6.28. The van der Waals surface area contributed by atoms with E-state index in [1.807, 2.05) is 30.3 Å². The topological polar surface area (TPSA) is 61.0 Å². The number of phenolic OH excluding ortho intramolecular Hbond substituents is 1. The van der Waals surface area contributed by atoms with Crippen molar-refractivity contribution in [3.8, 4) is 11.5 Å². The number of para-hydroxylation sites is 2. The molecular weight excluding hydrogens is 408 g/mol. The molecule has 0 aliphatic rings. The van der Waals surface area contributed by atoms with Gasteiger partial charge in [-0.1, -0.05) is 48.0 Å². The number of ether oxygens (including phenoxy) is 1. The molecule has 5 aromatic rings. The van der Waals surface area contributed by atoms with Gasteiger partial charge in [-0.25, -0.2) is 0 Å². The predicted molar refractivity (Wildman–Crippen MR) is 127 cm³/mol. The average molecular weight is 431 g/mol. The van der Waals surface area contributed by atoms with Gasteiger partial charge in [0.2, 0.25) is 0 Å². The van der Waals surface area contributed by atoms with Crippen LogP contribution in [0.4, 0.5) is 0 Å². The minimum atomic E-state index is -0.250. The zero-order valence-electron chi connectivity index (χ0n) is 17.6. The smallest absolute Gasteiger partial charge is 0.162 e. The Morgan fingerprint density at radius 3 is 1.87 bits per heavy atom. The average Bonchev–Trinajstić information content (AvgIpc) is 3.27. The number of H-pyrrole nitrogens is 2. The number of methoxy groups -OCH3 is 1. The molecule has 0 aliphatic heterocycles. The molecule has 0 amide bonds. The Hall–Kier alpha value is -3.37. The molecule has 31 heavy (non-hydrogen) atoms. The largest absolute Gasteiger partial charge is 0.504 e. The molecule has 156 valence electrons. The van der Waals surface area contributed by atoms with Crippen molar-refractivity contribution in [2.45, 2.75) is 19.8 Å². The Morgan fingerprint density at radius 1 is 0.839 bits per heavy atom. The molecule has 0 fully saturated rings. The van der Waals surface area contributed by atoms with Gasteiger partial charge in [0.05, 0.1) is 7.11 Å². The lowest BCUT2D eigenvalue weighted by molar-refractivity contribution is 0.370. The highest BCUT2D eigenvalue weighted by molar-refractivity contribution is 6.30. The summed E-state index contributed by atoms with van der Waals surface area (Å²) in [5, 5.41) is 14.0. The molecular formula is C26H23ClN2O2. The van der Waals surface area contributed by atoms with E-state index in [1.54, 1.807) is 6.07 Å². The van der Waals surface area contributed by atoms with Gasteiger partial charge in [0.25, 0.3) is 0 Å². The first-order valence-electron chi connectivity index (χ1n) is 10.2. The van der Waals surface area contributed by atoms with Crippen LogP contribution >= 0.6 is 11.6 Å². The molecule has 3 aromatic carbocycles. The van der Waals surface area contributed by atoms with Crippen LogP contribution in [0.25, 0.3) is 21.8 Å². The van der Waals surface area contributed by atoms with Gasteiger partial charge in [-0.05, 0) is 43.2 Å². The van der Waals surface area contributed by atoms with Crippen LogP contribution in [0.15, 0.2) is 60.7 Å². The van der Waals surface area contributed by atoms with E-state index in [1.165, 1.54) is 7.11 Å². The maximum Gasteiger partial charge on any atom is 0.162 e. The first-order chi connectivity index (χ1) is 15.0. The highest BCUT2D eigenvalue weighted by atomic mass is 35.5. The molecule has 2 aromatic heterocycles. The normalized spacial score (nSPS) is 11.6. The van der Waals surface area contributed by atoms with Gasteiger partial charge in [-0.2, -0.15) is 0 Å². The second-order valence-corrected chi connectivity index (χ2v) is 8.33. The number of halogens is 1. The zero-order valence-corrected chi connectivity index (χ0v) is 18.3. The number of benzene rings is 3. The Kier molecular flexibility index (Phi) is 4.67. The molecule has 0 saturated carbocycles. The molecule has 4 nitrogen and oxygen atoms in total. The summed E-state index contributed by atoms with van der Waals surface area (Å²) in [4.78, 5) is 7.03. The van der Waals surface area contributed by atoms with E-state index in [0.29, 0.717) is 16.3 Å². The fourth-order valence-electron chi connectivity index (χ4n) is 4.77. The lowest BCUT2D eigenvalue weighted by Crippen LogP contribution is -2.07. The molecule has 5 rings (SSSR count). The lowest BCUT2D eigenvalue weighted by atomic mass is 9.81. The van der Waals surface area contributed by atoms with E-state index < -0.39 is 0 Å². The SMILES string of the molecule is COc1cc(Cl)cc(C(c2c(C)[nH]c3ccccc23)c2c(C)[nH]c3ccccc23)c1O. The summed E-state index contributed by atoms with van der Waals surface area (Å²) >= 11 is 6.48. The van der Waals surface area contributed by atoms with Crippen molar-refractivity contribution in [3.63, 3.8) is 0 Å². The molecule has 0 unspecified atom stereocenters. The molecule has 0 bridgehead atoms. The van der Waals surface area contributed by atoms with E-state index in [0.717, 1.165) is 44.3 Å². The summed E-state index contributed by atoms with van der Waals surface area (Å²) < 4.78 is 5.44. The Morgan fingerprint density at radius 2 is 1.35 bits per heavy atom. The Bertz CT molecular complexity index is 1350. The van der Waals surface area contributed by atoms with Crippen LogP contribution < -0.4 is 4.74 Å². The van der Waals surface area contributed by atoms with E-state index >= 15 is 0 Å². The van der Waals surface area contributed by atoms with Crippen molar-refractivity contribution in [1.29, 1.82) is 0 Å². The molecule has 0 aliphatic carbocycles. The van der Waals surface area contributed by atoms with Gasteiger partial charge in [0.15, 0.2) is 11.5 Å². The number of rotatable bonds is 4. The standard InChI is InChI=1S/C26H23ClN2O2/c1-14-23(17-8-4-6-10-20(17)28-14)25(19-12-16(27)13-22(31-3)26(19)30)24-15(2)29-21-11-7-5-9-18(21)24/h4-13,25,28-30H,1-3H3. The van der Waals surface area contributed by atoms with Crippen LogP contribution in [0.1, 0.15) is 34.0 Å². The summed E-state index contributed by atoms with van der Waals surface area (Å²) in [6.45, 7) is 4.15. The zero-order chi connectivity index (χ0) is 21.7. The quantitative estimate of drug-likeness (QED) is 0.293. The molecule has 5 heteroatoms. The molecule has 0 radical (unpaired) electrons. The van der Waals surface area contributed by atoms with Gasteiger partial charge in [-0.15, -0.1) is 0 Å². The first kappa shape index (κ1) is 19.6. The van der Waals surface area contributed by atoms with Crippen molar-refractivity contribution < 1.29 is 9.84 Å². The van der Waals surface area contributed by atoms with E-state index in [4.69, 9.17) is 16.3 Å². The number of aromatic nitrogens is 2. The summed E-state index contributed by atoms with van der Waals surface area (Å²) in [5.74, 6) is 0.216. The van der Waals surface area contributed by atoms with Crippen LogP contribution in [-0.4, -0.2) is 22.2 Å². The molecule has 3 N–H and O–H groups in total. The number of hydrogen-bond acceptors (Lipinski definition) is 2. The van der Waals surface area contributed by atoms with Crippen molar-refractivity contribution in [3.05, 3.63) is 93.8 Å². The molecule has 0 spiro atoms. The van der Waals surface area contributed by atoms with Crippen molar-refractivity contribution in [2.75, 3.05) is 7.11 Å². The van der Waals surface area contributed by atoms with E-state index in [2.05, 4.69) is 48.1 Å². The van der Waals surface area contributed by atoms with Gasteiger partial charge in [0, 0.05) is 55.8 Å². The molecule has 2 heterocycles. The summed E-state index contributed by atoms with van der Waals surface area (Å²) in [5.41, 5.74) is 7.16. The predicted octanol–water partition coefficient (Wildman–Crippen LogP) is 6.81. The number of aryl methyl sites for hydroxylation is 2. The van der Waals surface area contributed by atoms with E-state index in [-0.39, 0.29) is 11.7 Å². The number of fused-ring (bicyclic) bond motifs is 2. The highest BCUT2D eigenvalue weighted by Crippen LogP contribution is 2.48. The highest BCUT2D eigenvalue weighted by Gasteiger charge is 2.30. The lowest BCUT2D eigenvalue weighted by Gasteiger charge is -2.22. The van der Waals surface area contributed by atoms with Crippen LogP contribution in [0.5, 0.6) is 11.5 Å². The number of aromatic hydroxyl groups is 1. The Balaban J connectivity index is 1.92. The minimum absolute atomic E-state index is 0.103. The van der Waals surface area contributed by atoms with Crippen LogP contribution in [0.2, 0.25) is 5.02 Å². The summed E-state index contributed by atoms with van der Waals surface area (Å²) in [6, 6.07) is 20.0. The maximum absolute atomic E-state index is 11.2. The third-order valence-electron chi connectivity index (χ3n) is 6.06. The van der Waals surface area contributed by atoms with Crippen molar-refractivity contribution >= 4 is 33.4 Å². The third kappa shape index (κ3) is 3.06. The first-order valence-corrected chi connectivity index (χ1v) is 10.6. The van der Waals surface area contributed by atoms with Crippen LogP contribution in [0.3, 0.4) is 0 Å². The van der Waals surface area contributed by atoms with E-state index in [9.17, 15) is 5.11 Å². The second kappa shape index (κ2) is 7.40. The second-order valence-electron chi connectivity index (χ2n) is 7.90. The summed E-state index contributed by atoms with van der Waals surface area (Å²) in [7, 11) is 1.54. The molecule has 0 atom stereocenters. The Labute approximate surface area is 185 Å². The number of hydrogen-bond donors (Lipinski definition) is 3. The monoisotopic (exact) mass is 430 g/mol. The number of phenols is 1. The minimum Gasteiger partial charge on any atom is -0.504 e. The fraction of sp³-hybridized carbons (Fsp3) is 0.154.